The number of piperidine rings is 1. The molecule has 0 radical (unpaired) electrons. The molecule has 2 bridgehead atoms. The van der Waals surface area contributed by atoms with Crippen LogP contribution in [-0.4, -0.2) is 58.6 Å². The first-order chi connectivity index (χ1) is 27.2. The second-order valence-corrected chi connectivity index (χ2v) is 18.6. The minimum absolute atomic E-state index is 0.00878. The van der Waals surface area contributed by atoms with E-state index in [9.17, 15) is 45.4 Å². The maximum Gasteiger partial charge on any atom is 0.416 e. The van der Waals surface area contributed by atoms with Crippen molar-refractivity contribution in [2.75, 3.05) is 17.6 Å². The van der Waals surface area contributed by atoms with Gasteiger partial charge in [0.25, 0.3) is 21.7 Å². The van der Waals surface area contributed by atoms with Crippen LogP contribution in [-0.2, 0) is 25.9 Å². The van der Waals surface area contributed by atoms with Crippen LogP contribution in [0.1, 0.15) is 103 Å². The summed E-state index contributed by atoms with van der Waals surface area (Å²) >= 11 is 0. The van der Waals surface area contributed by atoms with Crippen LogP contribution in [0.4, 0.5) is 28.9 Å². The summed E-state index contributed by atoms with van der Waals surface area (Å²) < 4.78 is 91.5. The first-order valence-electron chi connectivity index (χ1n) is 19.8. The van der Waals surface area contributed by atoms with Gasteiger partial charge in [-0.15, -0.1) is 0 Å². The highest BCUT2D eigenvalue weighted by molar-refractivity contribution is 7.85. The van der Waals surface area contributed by atoms with E-state index in [0.717, 1.165) is 17.2 Å². The summed E-state index contributed by atoms with van der Waals surface area (Å²) in [6.45, 7) is 5.03. The fourth-order valence-electron chi connectivity index (χ4n) is 10.9. The number of alkyl halides is 3. The van der Waals surface area contributed by atoms with E-state index in [1.165, 1.54) is 36.1 Å². The highest BCUT2D eigenvalue weighted by atomic mass is 32.2. The molecule has 0 spiro atoms. The SMILES string of the molecule is Cc1ccc(NC(=O)[C@H]2CCCN(C(=O)c3c(C)cccc3F)[C@H]2c2ccc([N+](=O)C3CCCC3CC3(C)C4CCC3(CS(=O)(=O)O)C(=O)C4)cc2)cc1C(F)(F)F. The van der Waals surface area contributed by atoms with Crippen molar-refractivity contribution in [1.82, 2.24) is 4.90 Å². The van der Waals surface area contributed by atoms with Gasteiger partial charge in [0.2, 0.25) is 11.9 Å². The summed E-state index contributed by atoms with van der Waals surface area (Å²) in [5.74, 6) is -3.91. The monoisotopic (exact) mass is 826 g/mol. The van der Waals surface area contributed by atoms with Crippen LogP contribution in [0.5, 0.6) is 0 Å². The average Bonchev–Trinajstić information content (AvgIpc) is 3.77. The Hall–Kier alpha value is -4.50. The van der Waals surface area contributed by atoms with Crippen LogP contribution < -0.4 is 5.32 Å². The Morgan fingerprint density at radius 2 is 1.71 bits per heavy atom. The Morgan fingerprint density at radius 3 is 2.36 bits per heavy atom. The number of carbonyl (C=O) groups excluding carboxylic acids is 3. The van der Waals surface area contributed by atoms with Crippen molar-refractivity contribution in [1.29, 1.82) is 0 Å². The van der Waals surface area contributed by atoms with Crippen LogP contribution in [0.15, 0.2) is 60.7 Å². The van der Waals surface area contributed by atoms with Gasteiger partial charge in [0.05, 0.1) is 34.3 Å². The molecular formula is C43H48F4N3O7S+. The van der Waals surface area contributed by atoms with E-state index in [-0.39, 0.29) is 53.8 Å². The van der Waals surface area contributed by atoms with Crippen LogP contribution in [0.3, 0.4) is 0 Å². The Labute approximate surface area is 335 Å². The lowest BCUT2D eigenvalue weighted by Gasteiger charge is -2.41. The van der Waals surface area contributed by atoms with Gasteiger partial charge in [-0.1, -0.05) is 37.3 Å². The first kappa shape index (κ1) is 41.7. The zero-order chi connectivity index (χ0) is 41.9. The van der Waals surface area contributed by atoms with Crippen LogP contribution in [0.2, 0.25) is 0 Å². The topological polar surface area (TPSA) is 141 Å². The van der Waals surface area contributed by atoms with Gasteiger partial charge in [0, 0.05) is 52.8 Å². The summed E-state index contributed by atoms with van der Waals surface area (Å²) in [4.78, 5) is 57.1. The molecule has 5 unspecified atom stereocenters. The number of hydrogen-bond acceptors (Lipinski definition) is 6. The normalized spacial score (nSPS) is 28.5. The number of benzene rings is 3. The van der Waals surface area contributed by atoms with E-state index in [2.05, 4.69) is 5.32 Å². The Morgan fingerprint density at radius 1 is 0.983 bits per heavy atom. The van der Waals surface area contributed by atoms with E-state index in [0.29, 0.717) is 55.3 Å². The molecule has 7 atom stereocenters. The minimum Gasteiger partial charge on any atom is -0.331 e. The second-order valence-electron chi connectivity index (χ2n) is 17.1. The lowest BCUT2D eigenvalue weighted by atomic mass is 9.64. The van der Waals surface area contributed by atoms with Gasteiger partial charge in [-0.05, 0) is 105 Å². The summed E-state index contributed by atoms with van der Waals surface area (Å²) in [7, 11) is -4.44. The number of Topliss-reactive ketones (excluding diaryl/α,β-unsaturated/α-hetero) is 1. The molecule has 1 saturated heterocycles. The van der Waals surface area contributed by atoms with Crippen molar-refractivity contribution in [3.05, 3.63) is 99.2 Å². The number of aryl methyl sites for hydroxylation is 2. The number of fused-ring (bicyclic) bond motifs is 2. The molecule has 4 aliphatic rings. The van der Waals surface area contributed by atoms with Gasteiger partial charge in [-0.25, -0.2) is 4.39 Å². The highest BCUT2D eigenvalue weighted by Crippen LogP contribution is 2.67. The number of nitroso groups, excluding NO2 is 1. The van der Waals surface area contributed by atoms with E-state index in [4.69, 9.17) is 0 Å². The summed E-state index contributed by atoms with van der Waals surface area (Å²) in [6, 6.07) is 12.8. The van der Waals surface area contributed by atoms with Gasteiger partial charge in [0.1, 0.15) is 11.6 Å². The number of anilines is 1. The number of nitrogens with one attached hydrogen (secondary N) is 1. The molecule has 2 N–H and O–H groups in total. The van der Waals surface area contributed by atoms with Gasteiger partial charge < -0.3 is 10.2 Å². The smallest absolute Gasteiger partial charge is 0.331 e. The third kappa shape index (κ3) is 7.48. The van der Waals surface area contributed by atoms with Crippen molar-refractivity contribution in [2.24, 2.45) is 28.6 Å². The molecule has 3 aromatic rings. The number of amides is 2. The lowest BCUT2D eigenvalue weighted by molar-refractivity contribution is -0.514. The molecule has 3 saturated carbocycles. The number of halogens is 4. The highest BCUT2D eigenvalue weighted by Gasteiger charge is 2.68. The molecule has 58 heavy (non-hydrogen) atoms. The summed E-state index contributed by atoms with van der Waals surface area (Å²) in [5.41, 5.74) is -1.83. The third-order valence-electron chi connectivity index (χ3n) is 13.9. The number of carbonyl (C=O) groups is 3. The molecule has 3 aromatic carbocycles. The molecule has 3 aliphatic carbocycles. The Balaban J connectivity index is 1.17. The zero-order valence-corrected chi connectivity index (χ0v) is 33.5. The standard InChI is InChI=1S/C43H47F4N3O7S/c1-25-12-15-30(22-33(25)43(45,46)47)48-39(52)32-9-6-20-49(40(53)37-26(2)7-4-10-34(37)44)38(32)27-13-16-31(17-14-27)50(54)35-11-5-8-28(35)23-41(3)29-18-19-42(41,36(51)21-29)24-58(55,56)57/h4,7,10,12-17,22,28-29,32,35,38H,5-6,8-9,11,18-21,23-24H2,1-3H3,(H-,48,52,55,56,57)/p+1/t28?,29?,32-,35?,38-,41?,42?/m0/s1. The average molecular weight is 827 g/mol. The Kier molecular flexibility index (Phi) is 11.0. The number of nitrogens with zero attached hydrogens (tertiary/aromatic N) is 2. The molecule has 10 nitrogen and oxygen atoms in total. The fraction of sp³-hybridized carbons (Fsp3) is 0.512. The van der Waals surface area contributed by atoms with Crippen molar-refractivity contribution < 1.29 is 49.7 Å². The summed E-state index contributed by atoms with van der Waals surface area (Å²) in [5, 5.41) is 2.63. The molecule has 15 heteroatoms. The lowest BCUT2D eigenvalue weighted by Crippen LogP contribution is -2.46. The quantitative estimate of drug-likeness (QED) is 0.118. The van der Waals surface area contributed by atoms with Crippen molar-refractivity contribution >= 4 is 39.1 Å². The van der Waals surface area contributed by atoms with Crippen molar-refractivity contribution in [2.45, 2.75) is 96.8 Å². The first-order valence-corrected chi connectivity index (χ1v) is 21.4. The maximum atomic E-state index is 15.2. The number of ketones is 1. The fourth-order valence-corrected chi connectivity index (χ4v) is 12.2. The van der Waals surface area contributed by atoms with Crippen molar-refractivity contribution in [3.63, 3.8) is 0 Å². The van der Waals surface area contributed by atoms with E-state index >= 15 is 4.39 Å². The van der Waals surface area contributed by atoms with E-state index in [1.807, 2.05) is 6.92 Å². The number of likely N-dealkylation sites (tertiary alicyclic amines) is 1. The van der Waals surface area contributed by atoms with Gasteiger partial charge >= 0.3 is 6.18 Å². The van der Waals surface area contributed by atoms with Crippen LogP contribution >= 0.6 is 0 Å². The molecule has 0 aromatic heterocycles. The summed E-state index contributed by atoms with van der Waals surface area (Å²) in [6.07, 6.45) is -0.223. The molecule has 7 rings (SSSR count). The third-order valence-corrected chi connectivity index (χ3v) is 14.7. The van der Waals surface area contributed by atoms with E-state index < -0.39 is 74.1 Å². The minimum atomic E-state index is -4.65. The maximum absolute atomic E-state index is 15.2. The molecule has 1 aliphatic heterocycles. The molecular weight excluding hydrogens is 779 g/mol. The number of rotatable bonds is 10. The van der Waals surface area contributed by atoms with Crippen LogP contribution in [0, 0.1) is 53.2 Å². The molecule has 4 fully saturated rings. The zero-order valence-electron chi connectivity index (χ0n) is 32.6. The molecule has 1 heterocycles. The van der Waals surface area contributed by atoms with Crippen LogP contribution in [0.25, 0.3) is 0 Å². The van der Waals surface area contributed by atoms with Gasteiger partial charge in [-0.2, -0.15) is 21.6 Å². The predicted octanol–water partition coefficient (Wildman–Crippen LogP) is 8.93. The second kappa shape index (κ2) is 15.3. The van der Waals surface area contributed by atoms with Gasteiger partial charge in [0.15, 0.2) is 0 Å². The van der Waals surface area contributed by atoms with E-state index in [1.54, 1.807) is 37.3 Å². The molecule has 2 amide bonds. The molecule has 310 valence electrons. The Bertz CT molecular complexity index is 2250. The number of hydrogen-bond donors (Lipinski definition) is 2. The van der Waals surface area contributed by atoms with Crippen molar-refractivity contribution in [3.8, 4) is 0 Å². The largest absolute Gasteiger partial charge is 0.416 e. The van der Waals surface area contributed by atoms with Gasteiger partial charge in [-0.3, -0.25) is 18.9 Å². The predicted molar refractivity (Wildman–Crippen MR) is 207 cm³/mol.